The van der Waals surface area contributed by atoms with Crippen LogP contribution in [0.3, 0.4) is 0 Å². The maximum Gasteiger partial charge on any atom is 0.274 e. The maximum atomic E-state index is 13.2. The first-order valence-electron chi connectivity index (χ1n) is 11.6. The normalized spacial score (nSPS) is 11.9. The highest BCUT2D eigenvalue weighted by Crippen LogP contribution is 2.35. The number of para-hydroxylation sites is 2. The van der Waals surface area contributed by atoms with Crippen molar-refractivity contribution in [3.05, 3.63) is 110 Å². The van der Waals surface area contributed by atoms with Crippen LogP contribution in [0.2, 0.25) is 0 Å². The van der Waals surface area contributed by atoms with E-state index >= 15 is 0 Å². The summed E-state index contributed by atoms with van der Waals surface area (Å²) in [6.07, 6.45) is 4.36. The molecule has 2 aromatic heterocycles. The zero-order chi connectivity index (χ0) is 24.4. The number of allylic oxidation sites excluding steroid dienone is 1. The van der Waals surface area contributed by atoms with E-state index in [9.17, 15) is 4.79 Å². The molecule has 0 fully saturated rings. The van der Waals surface area contributed by atoms with Crippen molar-refractivity contribution in [2.75, 3.05) is 6.61 Å². The molecule has 0 radical (unpaired) electrons. The summed E-state index contributed by atoms with van der Waals surface area (Å²) in [6.45, 7) is 8.87. The van der Waals surface area contributed by atoms with Gasteiger partial charge in [-0.25, -0.2) is 9.38 Å². The first-order chi connectivity index (χ1) is 17.1. The number of hydrogen-bond acceptors (Lipinski definition) is 5. The Balaban J connectivity index is 1.57. The lowest BCUT2D eigenvalue weighted by Crippen LogP contribution is -2.22. The number of thiazole rings is 1. The van der Waals surface area contributed by atoms with E-state index in [0.717, 1.165) is 27.7 Å². The Morgan fingerprint density at radius 1 is 1.09 bits per heavy atom. The number of fused-ring (bicyclic) bond motifs is 3. The van der Waals surface area contributed by atoms with E-state index < -0.39 is 0 Å². The predicted octanol–water partition coefficient (Wildman–Crippen LogP) is 5.47. The molecule has 0 unspecified atom stereocenters. The minimum absolute atomic E-state index is 0.0679. The second-order valence-electron chi connectivity index (χ2n) is 8.34. The van der Waals surface area contributed by atoms with Crippen LogP contribution in [0.4, 0.5) is 0 Å². The van der Waals surface area contributed by atoms with Gasteiger partial charge in [0, 0.05) is 5.56 Å². The third-order valence-electron chi connectivity index (χ3n) is 5.76. The van der Waals surface area contributed by atoms with Crippen LogP contribution >= 0.6 is 11.3 Å². The highest BCUT2D eigenvalue weighted by Gasteiger charge is 2.15. The first kappa shape index (κ1) is 22.9. The number of ether oxygens (including phenoxy) is 2. The van der Waals surface area contributed by atoms with Gasteiger partial charge >= 0.3 is 0 Å². The summed E-state index contributed by atoms with van der Waals surface area (Å²) in [4.78, 5) is 18.5. The highest BCUT2D eigenvalue weighted by molar-refractivity contribution is 7.15. The molecule has 5 aromatic rings. The molecule has 0 aliphatic heterocycles. The molecule has 0 N–H and O–H groups in total. The summed E-state index contributed by atoms with van der Waals surface area (Å²) in [6, 6.07) is 19.9. The van der Waals surface area contributed by atoms with E-state index in [1.165, 1.54) is 16.9 Å². The molecule has 3 aromatic carbocycles. The fourth-order valence-corrected chi connectivity index (χ4v) is 5.09. The van der Waals surface area contributed by atoms with Crippen molar-refractivity contribution < 1.29 is 9.47 Å². The second-order valence-corrected chi connectivity index (χ2v) is 9.35. The van der Waals surface area contributed by atoms with Crippen LogP contribution in [0.15, 0.2) is 78.1 Å². The minimum atomic E-state index is -0.0679. The highest BCUT2D eigenvalue weighted by atomic mass is 32.1. The smallest absolute Gasteiger partial charge is 0.274 e. The van der Waals surface area contributed by atoms with Gasteiger partial charge in [0.15, 0.2) is 16.5 Å². The van der Waals surface area contributed by atoms with E-state index in [2.05, 4.69) is 42.8 Å². The second kappa shape index (κ2) is 9.76. The number of benzene rings is 3. The molecular weight excluding hydrogens is 456 g/mol. The molecule has 35 heavy (non-hydrogen) atoms. The molecular formula is C29H26N2O3S. The molecule has 0 atom stereocenters. The van der Waals surface area contributed by atoms with Gasteiger partial charge in [-0.2, -0.15) is 0 Å². The van der Waals surface area contributed by atoms with Crippen LogP contribution in [0.1, 0.15) is 29.2 Å². The molecule has 6 heteroatoms. The monoisotopic (exact) mass is 482 g/mol. The van der Waals surface area contributed by atoms with Gasteiger partial charge in [-0.3, -0.25) is 4.79 Å². The van der Waals surface area contributed by atoms with Crippen molar-refractivity contribution in [1.29, 1.82) is 0 Å². The van der Waals surface area contributed by atoms with Crippen LogP contribution in [0.25, 0.3) is 22.1 Å². The average Bonchev–Trinajstić information content (AvgIpc) is 3.36. The quantitative estimate of drug-likeness (QED) is 0.275. The molecule has 0 spiro atoms. The van der Waals surface area contributed by atoms with Gasteiger partial charge in [0.25, 0.3) is 5.56 Å². The van der Waals surface area contributed by atoms with Gasteiger partial charge < -0.3 is 9.47 Å². The van der Waals surface area contributed by atoms with Gasteiger partial charge in [-0.1, -0.05) is 59.4 Å². The Bertz CT molecular complexity index is 1630. The average molecular weight is 483 g/mol. The zero-order valence-corrected chi connectivity index (χ0v) is 20.6. The van der Waals surface area contributed by atoms with Crippen molar-refractivity contribution in [2.24, 2.45) is 0 Å². The molecule has 5 rings (SSSR count). The minimum Gasteiger partial charge on any atom is -0.490 e. The Kier molecular flexibility index (Phi) is 6.38. The van der Waals surface area contributed by atoms with Crippen molar-refractivity contribution >= 4 is 33.4 Å². The van der Waals surface area contributed by atoms with Gasteiger partial charge in [0.1, 0.15) is 6.61 Å². The summed E-state index contributed by atoms with van der Waals surface area (Å²) < 4.78 is 14.5. The lowest BCUT2D eigenvalue weighted by molar-refractivity contribution is 0.267. The van der Waals surface area contributed by atoms with Crippen LogP contribution in [0, 0.1) is 6.92 Å². The molecule has 176 valence electrons. The summed E-state index contributed by atoms with van der Waals surface area (Å²) in [7, 11) is 0. The van der Waals surface area contributed by atoms with E-state index in [1.54, 1.807) is 4.40 Å². The van der Waals surface area contributed by atoms with Gasteiger partial charge in [0.2, 0.25) is 0 Å². The SMILES string of the molecule is C=CCc1cc(/C=c2\sc3nc4ccccc4n3c2=O)cc(OCC)c1OCc1ccc(C)cc1. The van der Waals surface area contributed by atoms with Crippen molar-refractivity contribution in [2.45, 2.75) is 26.9 Å². The van der Waals surface area contributed by atoms with Gasteiger partial charge in [-0.05, 0) is 61.7 Å². The fourth-order valence-electron chi connectivity index (χ4n) is 4.10. The van der Waals surface area contributed by atoms with Crippen molar-refractivity contribution in [3.63, 3.8) is 0 Å². The van der Waals surface area contributed by atoms with E-state index in [4.69, 9.17) is 9.47 Å². The molecule has 2 heterocycles. The first-order valence-corrected chi connectivity index (χ1v) is 12.4. The lowest BCUT2D eigenvalue weighted by atomic mass is 10.0. The molecule has 0 aliphatic rings. The standard InChI is InChI=1S/C29H26N2O3S/c1-4-8-22-15-21(16-25(33-5-2)27(22)34-18-20-13-11-19(3)12-14-20)17-26-28(32)31-24-10-7-6-9-23(24)30-29(31)35-26/h4,6-7,9-17H,1,5,8,18H2,2-3H3/b26-17-. The molecule has 0 amide bonds. The maximum absolute atomic E-state index is 13.2. The number of aromatic nitrogens is 2. The molecule has 0 saturated carbocycles. The molecule has 0 aliphatic carbocycles. The van der Waals surface area contributed by atoms with Gasteiger partial charge in [0.05, 0.1) is 22.2 Å². The van der Waals surface area contributed by atoms with E-state index in [-0.39, 0.29) is 5.56 Å². The molecule has 0 saturated heterocycles. The fraction of sp³-hybridized carbons (Fsp3) is 0.172. The third-order valence-corrected chi connectivity index (χ3v) is 6.73. The zero-order valence-electron chi connectivity index (χ0n) is 19.8. The Labute approximate surface area is 207 Å². The molecule has 0 bridgehead atoms. The number of rotatable bonds is 8. The van der Waals surface area contributed by atoms with Crippen LogP contribution < -0.4 is 19.6 Å². The number of hydrogen-bond donors (Lipinski definition) is 0. The van der Waals surface area contributed by atoms with E-state index in [1.807, 2.05) is 55.5 Å². The predicted molar refractivity (Wildman–Crippen MR) is 143 cm³/mol. The van der Waals surface area contributed by atoms with Crippen LogP contribution in [-0.2, 0) is 13.0 Å². The Hall–Kier alpha value is -3.90. The summed E-state index contributed by atoms with van der Waals surface area (Å²) in [5.41, 5.74) is 5.71. The third kappa shape index (κ3) is 4.57. The summed E-state index contributed by atoms with van der Waals surface area (Å²) in [5, 5.41) is 0. The number of nitrogens with zero attached hydrogens (tertiary/aromatic N) is 2. The lowest BCUT2D eigenvalue weighted by Gasteiger charge is -2.17. The summed E-state index contributed by atoms with van der Waals surface area (Å²) >= 11 is 1.39. The number of aryl methyl sites for hydroxylation is 1. The van der Waals surface area contributed by atoms with Crippen molar-refractivity contribution in [3.8, 4) is 11.5 Å². The number of imidazole rings is 1. The van der Waals surface area contributed by atoms with Crippen molar-refractivity contribution in [1.82, 2.24) is 9.38 Å². The van der Waals surface area contributed by atoms with E-state index in [0.29, 0.717) is 40.6 Å². The largest absolute Gasteiger partial charge is 0.490 e. The van der Waals surface area contributed by atoms with Crippen LogP contribution in [-0.4, -0.2) is 16.0 Å². The van der Waals surface area contributed by atoms with Crippen LogP contribution in [0.5, 0.6) is 11.5 Å². The molecule has 5 nitrogen and oxygen atoms in total. The topological polar surface area (TPSA) is 52.8 Å². The van der Waals surface area contributed by atoms with Gasteiger partial charge in [-0.15, -0.1) is 6.58 Å². The Morgan fingerprint density at radius 2 is 1.89 bits per heavy atom. The Morgan fingerprint density at radius 3 is 2.66 bits per heavy atom. The summed E-state index contributed by atoms with van der Waals surface area (Å²) in [5.74, 6) is 1.36.